The van der Waals surface area contributed by atoms with Crippen LogP contribution in [0.1, 0.15) is 219 Å². The maximum Gasteiger partial charge on any atom is 0.308 e. The largest absolute Gasteiger partial charge is 0.452 e. The smallest absolute Gasteiger partial charge is 0.308 e. The molecule has 7 N–H and O–H groups in total. The Balaban J connectivity index is 1.98. The fourth-order valence-electron chi connectivity index (χ4n) is 9.05. The first-order chi connectivity index (χ1) is 29.6. The van der Waals surface area contributed by atoms with Gasteiger partial charge in [-0.1, -0.05) is 194 Å². The van der Waals surface area contributed by atoms with E-state index >= 15 is 0 Å². The van der Waals surface area contributed by atoms with E-state index in [1.54, 1.807) is 0 Å². The summed E-state index contributed by atoms with van der Waals surface area (Å²) in [5.74, 6) is -4.57. The van der Waals surface area contributed by atoms with Crippen molar-refractivity contribution in [3.05, 3.63) is 0 Å². The summed E-state index contributed by atoms with van der Waals surface area (Å²) >= 11 is 0. The van der Waals surface area contributed by atoms with E-state index in [1.165, 1.54) is 128 Å². The number of rotatable bonds is 38. The van der Waals surface area contributed by atoms with Gasteiger partial charge < -0.3 is 54.7 Å². The average molecular weight is 875 g/mol. The van der Waals surface area contributed by atoms with Crippen molar-refractivity contribution in [3.63, 3.8) is 0 Å². The summed E-state index contributed by atoms with van der Waals surface area (Å²) in [5.41, 5.74) is -2.61. The van der Waals surface area contributed by atoms with E-state index in [0.29, 0.717) is 19.3 Å². The summed E-state index contributed by atoms with van der Waals surface area (Å²) in [6.07, 6.45) is 20.9. The molecule has 2 fully saturated rings. The fourth-order valence-corrected chi connectivity index (χ4v) is 9.05. The molecule has 0 bridgehead atoms. The molecule has 13 nitrogen and oxygen atoms in total. The summed E-state index contributed by atoms with van der Waals surface area (Å²) in [7, 11) is 0. The van der Waals surface area contributed by atoms with E-state index in [4.69, 9.17) is 18.9 Å². The van der Waals surface area contributed by atoms with Crippen LogP contribution in [0.25, 0.3) is 0 Å². The average Bonchev–Trinajstić information content (AvgIpc) is 3.52. The molecule has 13 heteroatoms. The van der Waals surface area contributed by atoms with Crippen LogP contribution in [-0.2, 0) is 28.5 Å². The van der Waals surface area contributed by atoms with Crippen LogP contribution >= 0.6 is 0 Å². The monoisotopic (exact) mass is 875 g/mol. The summed E-state index contributed by atoms with van der Waals surface area (Å²) in [4.78, 5) is 27.1. The van der Waals surface area contributed by atoms with E-state index in [0.717, 1.165) is 44.9 Å². The minimum absolute atomic E-state index is 0.0818. The van der Waals surface area contributed by atoms with Crippen molar-refractivity contribution < 1.29 is 64.3 Å². The third kappa shape index (κ3) is 18.9. The van der Waals surface area contributed by atoms with Gasteiger partial charge in [-0.3, -0.25) is 9.59 Å². The van der Waals surface area contributed by atoms with Crippen molar-refractivity contribution in [1.29, 1.82) is 0 Å². The first kappa shape index (κ1) is 55.7. The van der Waals surface area contributed by atoms with Crippen molar-refractivity contribution >= 4 is 11.9 Å². The summed E-state index contributed by atoms with van der Waals surface area (Å²) in [6, 6.07) is 0. The number of carbonyl (C=O) groups excluding carboxylic acids is 2. The molecule has 0 aromatic heterocycles. The summed E-state index contributed by atoms with van der Waals surface area (Å²) < 4.78 is 23.6. The number of hydrogen-bond acceptors (Lipinski definition) is 13. The molecule has 2 rings (SSSR count). The Morgan fingerprint density at radius 1 is 0.459 bits per heavy atom. The molecule has 2 aliphatic heterocycles. The van der Waals surface area contributed by atoms with Crippen LogP contribution in [0.2, 0.25) is 0 Å². The maximum absolute atomic E-state index is 13.7. The Kier molecular flexibility index (Phi) is 30.2. The van der Waals surface area contributed by atoms with Crippen LogP contribution in [0.4, 0.5) is 0 Å². The standard InChI is InChI=1S/C48H90O13/c1-3-5-7-9-11-13-15-17-19-21-23-25-27-29-31-33-40(52)58-46-44(56)42(54)38(35-49)60-48(46,47(37-51)45(57)43(55)39(36-50)59-47)61-41(53)34-32-30-28-26-24-22-20-18-16-14-12-10-8-6-4-2/h38-39,42-46,49-51,54-57H,3-37H2,1-2H3/t38-,39-,42-,43-,44+,45+,46-,47+,48+/m1/s1. The number of aliphatic hydroxyl groups excluding tert-OH is 7. The van der Waals surface area contributed by atoms with E-state index in [9.17, 15) is 45.3 Å². The second-order valence-corrected chi connectivity index (χ2v) is 18.1. The molecule has 2 heterocycles. The maximum atomic E-state index is 13.7. The molecule has 61 heavy (non-hydrogen) atoms. The van der Waals surface area contributed by atoms with Gasteiger partial charge in [0, 0.05) is 12.8 Å². The molecule has 0 aliphatic carbocycles. The van der Waals surface area contributed by atoms with Crippen LogP contribution in [-0.4, -0.2) is 122 Å². The highest BCUT2D eigenvalue weighted by molar-refractivity contribution is 5.71. The van der Waals surface area contributed by atoms with Gasteiger partial charge in [-0.15, -0.1) is 0 Å². The van der Waals surface area contributed by atoms with Crippen molar-refractivity contribution in [2.75, 3.05) is 19.8 Å². The zero-order valence-corrected chi connectivity index (χ0v) is 38.4. The Labute approximate surface area is 368 Å². The molecule has 0 aromatic rings. The van der Waals surface area contributed by atoms with Crippen molar-refractivity contribution in [2.24, 2.45) is 0 Å². The third-order valence-electron chi connectivity index (χ3n) is 13.0. The molecule has 0 spiro atoms. The first-order valence-electron chi connectivity index (χ1n) is 24.9. The zero-order chi connectivity index (χ0) is 44.8. The van der Waals surface area contributed by atoms with E-state index in [-0.39, 0.29) is 12.8 Å². The molecule has 0 aromatic carbocycles. The van der Waals surface area contributed by atoms with Gasteiger partial charge >= 0.3 is 11.9 Å². The van der Waals surface area contributed by atoms with Gasteiger partial charge in [0.05, 0.1) is 19.8 Å². The van der Waals surface area contributed by atoms with Crippen LogP contribution in [0, 0.1) is 0 Å². The second kappa shape index (κ2) is 33.1. The van der Waals surface area contributed by atoms with Crippen molar-refractivity contribution in [1.82, 2.24) is 0 Å². The Bertz CT molecular complexity index is 1110. The molecule has 0 unspecified atom stereocenters. The highest BCUT2D eigenvalue weighted by Gasteiger charge is 2.76. The Hall–Kier alpha value is -1.42. The SMILES string of the molecule is CCCCCCCCCCCCCCCCCC(=O)O[C@@H]1[C@@H](O)[C@H](O)[C@@H](CO)O[C@@]1(OC(=O)CCCCCCCCCCCCCCCCC)[C@@]1(CO)O[C@H](CO)[C@@H](O)[C@@H]1O. The van der Waals surface area contributed by atoms with Gasteiger partial charge in [0.15, 0.2) is 11.7 Å². The minimum atomic E-state index is -2.85. The number of esters is 2. The lowest BCUT2D eigenvalue weighted by molar-refractivity contribution is -0.415. The molecule has 0 radical (unpaired) electrons. The lowest BCUT2D eigenvalue weighted by atomic mass is 9.77. The number of hydrogen-bond donors (Lipinski definition) is 7. The van der Waals surface area contributed by atoms with Gasteiger partial charge in [0.1, 0.15) is 36.6 Å². The predicted octanol–water partition coefficient (Wildman–Crippen LogP) is 7.62. The van der Waals surface area contributed by atoms with Crippen LogP contribution in [0.3, 0.4) is 0 Å². The lowest BCUT2D eigenvalue weighted by Gasteiger charge is -2.55. The van der Waals surface area contributed by atoms with Gasteiger partial charge in [-0.2, -0.15) is 0 Å². The van der Waals surface area contributed by atoms with E-state index < -0.39 is 85.9 Å². The summed E-state index contributed by atoms with van der Waals surface area (Å²) in [5, 5.41) is 75.7. The number of carbonyl (C=O) groups is 2. The van der Waals surface area contributed by atoms with E-state index in [2.05, 4.69) is 13.8 Å². The number of ether oxygens (including phenoxy) is 4. The van der Waals surface area contributed by atoms with E-state index in [1.807, 2.05) is 0 Å². The topological polar surface area (TPSA) is 213 Å². The Morgan fingerprint density at radius 3 is 1.15 bits per heavy atom. The first-order valence-corrected chi connectivity index (χ1v) is 24.9. The molecular weight excluding hydrogens is 785 g/mol. The highest BCUT2D eigenvalue weighted by atomic mass is 16.8. The molecule has 360 valence electrons. The van der Waals surface area contributed by atoms with Crippen molar-refractivity contribution in [2.45, 2.75) is 273 Å². The third-order valence-corrected chi connectivity index (χ3v) is 13.0. The normalized spacial score (nSPS) is 27.7. The van der Waals surface area contributed by atoms with Crippen LogP contribution in [0.15, 0.2) is 0 Å². The van der Waals surface area contributed by atoms with Crippen LogP contribution < -0.4 is 0 Å². The lowest BCUT2D eigenvalue weighted by Crippen LogP contribution is -2.79. The minimum Gasteiger partial charge on any atom is -0.452 e. The highest BCUT2D eigenvalue weighted by Crippen LogP contribution is 2.49. The van der Waals surface area contributed by atoms with Gasteiger partial charge in [0.25, 0.3) is 5.79 Å². The van der Waals surface area contributed by atoms with Crippen molar-refractivity contribution in [3.8, 4) is 0 Å². The molecular formula is C48H90O13. The zero-order valence-electron chi connectivity index (χ0n) is 38.4. The molecule has 0 saturated carbocycles. The summed E-state index contributed by atoms with van der Waals surface area (Å²) in [6.45, 7) is 1.56. The Morgan fingerprint density at radius 2 is 0.803 bits per heavy atom. The van der Waals surface area contributed by atoms with Gasteiger partial charge in [-0.05, 0) is 12.8 Å². The van der Waals surface area contributed by atoms with Crippen LogP contribution in [0.5, 0.6) is 0 Å². The predicted molar refractivity (Wildman–Crippen MR) is 236 cm³/mol. The molecule has 0 amide bonds. The van der Waals surface area contributed by atoms with Gasteiger partial charge in [0.2, 0.25) is 0 Å². The molecule has 2 aliphatic rings. The quantitative estimate of drug-likeness (QED) is 0.0235. The van der Waals surface area contributed by atoms with Gasteiger partial charge in [-0.25, -0.2) is 0 Å². The second-order valence-electron chi connectivity index (χ2n) is 18.1. The molecule has 2 saturated heterocycles. The fraction of sp³-hybridized carbons (Fsp3) is 0.958. The number of aliphatic hydroxyl groups is 7. The molecule has 9 atom stereocenters. The number of unbranched alkanes of at least 4 members (excludes halogenated alkanes) is 28.